The summed E-state index contributed by atoms with van der Waals surface area (Å²) < 4.78 is 0. The predicted molar refractivity (Wildman–Crippen MR) is 213 cm³/mol. The topological polar surface area (TPSA) is 178 Å². The molecule has 4 aliphatic rings. The van der Waals surface area contributed by atoms with Crippen molar-refractivity contribution in [3.05, 3.63) is 101 Å². The third kappa shape index (κ3) is 9.23. The number of pyridine rings is 1. The molecule has 0 saturated carbocycles. The van der Waals surface area contributed by atoms with Crippen LogP contribution in [-0.4, -0.2) is 107 Å². The molecule has 0 radical (unpaired) electrons. The fraction of sp³-hybridized carbons (Fsp3) is 0.419. The van der Waals surface area contributed by atoms with Crippen LogP contribution in [-0.2, 0) is 25.7 Å². The van der Waals surface area contributed by atoms with Crippen molar-refractivity contribution >= 4 is 47.2 Å². The zero-order valence-corrected chi connectivity index (χ0v) is 32.1. The smallest absolute Gasteiger partial charge is 0.255 e. The first-order chi connectivity index (χ1) is 27.7. The molecule has 3 fully saturated rings. The van der Waals surface area contributed by atoms with Crippen molar-refractivity contribution in [2.24, 2.45) is 11.7 Å². The van der Waals surface area contributed by atoms with Crippen LogP contribution in [0.15, 0.2) is 73.1 Å². The van der Waals surface area contributed by atoms with Gasteiger partial charge in [-0.15, -0.1) is 0 Å². The molecule has 2 atom stereocenters. The van der Waals surface area contributed by atoms with E-state index in [-0.39, 0.29) is 48.9 Å². The number of carbonyl (C=O) groups excluding carboxylic acids is 6. The average molecular weight is 775 g/mol. The molecule has 14 heteroatoms. The highest BCUT2D eigenvalue weighted by Crippen LogP contribution is 2.33. The Morgan fingerprint density at radius 3 is 2.39 bits per heavy atom. The van der Waals surface area contributed by atoms with E-state index in [1.165, 1.54) is 11.0 Å². The summed E-state index contributed by atoms with van der Waals surface area (Å²) in [5, 5.41) is 5.26. The standard InChI is InChI=1S/C43H50N8O6/c44-39(33-7-3-8-34-35(33)28-51(42(34)56)36-14-16-38(53)47-40(36)54)43(57)50-25-23-48(24-26-50)32-12-10-31(11-13-32)41(55)49-21-17-29(18-22-49)5-1-2-20-46-37(52)15-9-30-6-4-19-45-27-30/h3-4,6-13,15,19,27,29,36,39H,1-2,5,14,16-18,20-26,28,44H2,(H,46,52)(H,47,53,54)/b15-9+. The van der Waals surface area contributed by atoms with Gasteiger partial charge in [-0.3, -0.25) is 39.1 Å². The molecule has 2 unspecified atom stereocenters. The summed E-state index contributed by atoms with van der Waals surface area (Å²) in [5.74, 6) is -0.855. The van der Waals surface area contributed by atoms with Gasteiger partial charge in [0.05, 0.1) is 0 Å². The number of nitrogens with zero attached hydrogens (tertiary/aromatic N) is 5. The Morgan fingerprint density at radius 1 is 0.895 bits per heavy atom. The van der Waals surface area contributed by atoms with Crippen molar-refractivity contribution in [1.29, 1.82) is 0 Å². The molecule has 6 amide bonds. The minimum Gasteiger partial charge on any atom is -0.368 e. The summed E-state index contributed by atoms with van der Waals surface area (Å²) in [7, 11) is 0. The Morgan fingerprint density at radius 2 is 1.67 bits per heavy atom. The summed E-state index contributed by atoms with van der Waals surface area (Å²) in [4.78, 5) is 88.0. The van der Waals surface area contributed by atoms with Crippen LogP contribution >= 0.6 is 0 Å². The summed E-state index contributed by atoms with van der Waals surface area (Å²) in [6.07, 6.45) is 12.1. The predicted octanol–water partition coefficient (Wildman–Crippen LogP) is 3.04. The number of carbonyl (C=O) groups is 6. The van der Waals surface area contributed by atoms with Gasteiger partial charge in [0.1, 0.15) is 12.1 Å². The second-order valence-corrected chi connectivity index (χ2v) is 15.3. The number of rotatable bonds is 12. The fourth-order valence-electron chi connectivity index (χ4n) is 8.31. The van der Waals surface area contributed by atoms with Crippen molar-refractivity contribution in [3.63, 3.8) is 0 Å². The van der Waals surface area contributed by atoms with Gasteiger partial charge < -0.3 is 30.7 Å². The lowest BCUT2D eigenvalue weighted by atomic mass is 9.91. The van der Waals surface area contributed by atoms with E-state index in [0.717, 1.165) is 56.4 Å². The lowest BCUT2D eigenvalue weighted by Gasteiger charge is -2.37. The van der Waals surface area contributed by atoms with Gasteiger partial charge in [0.25, 0.3) is 11.8 Å². The maximum atomic E-state index is 13.7. The van der Waals surface area contributed by atoms with Crippen molar-refractivity contribution in [2.45, 2.75) is 63.6 Å². The van der Waals surface area contributed by atoms with E-state index >= 15 is 0 Å². The third-order valence-electron chi connectivity index (χ3n) is 11.6. The minimum absolute atomic E-state index is 0.0424. The molecule has 14 nitrogen and oxygen atoms in total. The van der Waals surface area contributed by atoms with Crippen LogP contribution in [0.3, 0.4) is 0 Å². The average Bonchev–Trinajstić information content (AvgIpc) is 3.58. The van der Waals surface area contributed by atoms with E-state index < -0.39 is 18.0 Å². The summed E-state index contributed by atoms with van der Waals surface area (Å²) in [6.45, 7) is 4.40. The van der Waals surface area contributed by atoms with Gasteiger partial charge in [-0.05, 0) is 90.8 Å². The number of hydrogen-bond acceptors (Lipinski definition) is 9. The van der Waals surface area contributed by atoms with E-state index in [2.05, 4.69) is 20.5 Å². The highest BCUT2D eigenvalue weighted by Gasteiger charge is 2.41. The Kier molecular flexibility index (Phi) is 12.4. The minimum atomic E-state index is -0.970. The number of anilines is 1. The summed E-state index contributed by atoms with van der Waals surface area (Å²) >= 11 is 0. The van der Waals surface area contributed by atoms with Crippen LogP contribution < -0.4 is 21.3 Å². The second kappa shape index (κ2) is 17.9. The van der Waals surface area contributed by atoms with Crippen LogP contribution in [0.5, 0.6) is 0 Å². The lowest BCUT2D eigenvalue weighted by Crippen LogP contribution is -2.52. The number of benzene rings is 2. The first-order valence-corrected chi connectivity index (χ1v) is 20.0. The summed E-state index contributed by atoms with van der Waals surface area (Å²) in [6, 6.07) is 14.9. The van der Waals surface area contributed by atoms with Crippen molar-refractivity contribution in [2.75, 3.05) is 50.7 Å². The van der Waals surface area contributed by atoms with Crippen molar-refractivity contribution < 1.29 is 28.8 Å². The van der Waals surface area contributed by atoms with Crippen molar-refractivity contribution in [3.8, 4) is 0 Å². The molecule has 298 valence electrons. The molecule has 1 aromatic heterocycles. The molecule has 4 aliphatic heterocycles. The number of nitrogens with two attached hydrogens (primary N) is 1. The van der Waals surface area contributed by atoms with Gasteiger partial charge in [0.2, 0.25) is 23.6 Å². The number of aromatic nitrogens is 1. The van der Waals surface area contributed by atoms with Gasteiger partial charge in [0, 0.05) is 94.1 Å². The van der Waals surface area contributed by atoms with E-state index in [0.29, 0.717) is 60.9 Å². The van der Waals surface area contributed by atoms with Crippen LogP contribution in [0, 0.1) is 5.92 Å². The van der Waals surface area contributed by atoms with E-state index in [4.69, 9.17) is 5.73 Å². The first kappa shape index (κ1) is 39.3. The number of hydrogen-bond donors (Lipinski definition) is 3. The molecule has 3 aromatic rings. The number of piperazine rings is 1. The summed E-state index contributed by atoms with van der Waals surface area (Å²) in [5.41, 5.74) is 10.7. The number of imide groups is 1. The van der Waals surface area contributed by atoms with Gasteiger partial charge >= 0.3 is 0 Å². The number of amides is 6. The SMILES string of the molecule is NC(C(=O)N1CCN(c2ccc(C(=O)N3CCC(CCCCNC(=O)/C=C/c4cccnc4)CC3)cc2)CC1)c1cccc2c1CN(C1CCC(=O)NC1=O)C2=O. The number of likely N-dealkylation sites (tertiary alicyclic amines) is 1. The molecular formula is C43H50N8O6. The first-order valence-electron chi connectivity index (χ1n) is 20.0. The molecule has 3 saturated heterocycles. The van der Waals surface area contributed by atoms with Crippen LogP contribution in [0.1, 0.15) is 88.4 Å². The quantitative estimate of drug-likeness (QED) is 0.142. The highest BCUT2D eigenvalue weighted by molar-refractivity contribution is 6.05. The molecule has 7 rings (SSSR count). The number of fused-ring (bicyclic) bond motifs is 1. The van der Waals surface area contributed by atoms with E-state index in [1.54, 1.807) is 41.6 Å². The second-order valence-electron chi connectivity index (χ2n) is 15.3. The van der Waals surface area contributed by atoms with Gasteiger partial charge in [-0.2, -0.15) is 0 Å². The Hall–Kier alpha value is -5.89. The third-order valence-corrected chi connectivity index (χ3v) is 11.6. The Balaban J connectivity index is 0.826. The lowest BCUT2D eigenvalue weighted by molar-refractivity contribution is -0.137. The van der Waals surface area contributed by atoms with E-state index in [9.17, 15) is 28.8 Å². The van der Waals surface area contributed by atoms with Gasteiger partial charge in [-0.1, -0.05) is 31.0 Å². The molecule has 57 heavy (non-hydrogen) atoms. The zero-order chi connectivity index (χ0) is 39.9. The van der Waals surface area contributed by atoms with Gasteiger partial charge in [0.15, 0.2) is 0 Å². The maximum absolute atomic E-state index is 13.7. The maximum Gasteiger partial charge on any atom is 0.255 e. The number of unbranched alkanes of at least 4 members (excludes halogenated alkanes) is 1. The molecular weight excluding hydrogens is 725 g/mol. The van der Waals surface area contributed by atoms with Crippen LogP contribution in [0.25, 0.3) is 6.08 Å². The monoisotopic (exact) mass is 774 g/mol. The molecule has 0 aliphatic carbocycles. The molecule has 4 N–H and O–H groups in total. The molecule has 2 aromatic carbocycles. The molecule has 0 bridgehead atoms. The Bertz CT molecular complexity index is 2010. The van der Waals surface area contributed by atoms with Crippen LogP contribution in [0.4, 0.5) is 5.69 Å². The van der Waals surface area contributed by atoms with Crippen molar-refractivity contribution in [1.82, 2.24) is 30.3 Å². The Labute approximate surface area is 332 Å². The normalized spacial score (nSPS) is 19.5. The molecule has 5 heterocycles. The number of piperidine rings is 2. The molecule has 0 spiro atoms. The van der Waals surface area contributed by atoms with Crippen LogP contribution in [0.2, 0.25) is 0 Å². The zero-order valence-electron chi connectivity index (χ0n) is 32.1. The largest absolute Gasteiger partial charge is 0.368 e. The fourth-order valence-corrected chi connectivity index (χ4v) is 8.31. The van der Waals surface area contributed by atoms with E-state index in [1.807, 2.05) is 41.3 Å². The van der Waals surface area contributed by atoms with Gasteiger partial charge in [-0.25, -0.2) is 0 Å². The highest BCUT2D eigenvalue weighted by atomic mass is 16.2. The number of nitrogens with one attached hydrogen (secondary N) is 2.